The zero-order valence-corrected chi connectivity index (χ0v) is 14.8. The van der Waals surface area contributed by atoms with Crippen LogP contribution in [0.2, 0.25) is 0 Å². The van der Waals surface area contributed by atoms with Gasteiger partial charge in [0.25, 0.3) is 0 Å². The quantitative estimate of drug-likeness (QED) is 0.488. The zero-order chi connectivity index (χ0) is 16.3. The molecule has 0 heterocycles. The molecule has 0 aliphatic rings. The van der Waals surface area contributed by atoms with Crippen LogP contribution in [-0.4, -0.2) is 30.7 Å². The standard InChI is InChI=1S/C19H23O2P.Li.H/c1-14-11-17(12-15(2)18(14)13-20)22(21-19(3,4)5)16-9-7-6-8-10-16;;/h6-13H,1-5H3;;. The third kappa shape index (κ3) is 5.30. The van der Waals surface area contributed by atoms with Gasteiger partial charge in [0.1, 0.15) is 0 Å². The molecule has 2 rings (SSSR count). The van der Waals surface area contributed by atoms with E-state index in [0.717, 1.165) is 28.3 Å². The fraction of sp³-hybridized carbons (Fsp3) is 0.316. The number of carbonyl (C=O) groups is 1. The predicted octanol–water partition coefficient (Wildman–Crippen LogP) is 3.63. The predicted molar refractivity (Wildman–Crippen MR) is 102 cm³/mol. The molecule has 2 aromatic rings. The molecule has 0 bridgehead atoms. The third-order valence-electron chi connectivity index (χ3n) is 3.29. The van der Waals surface area contributed by atoms with Gasteiger partial charge in [-0.25, -0.2) is 0 Å². The molecule has 0 spiro atoms. The summed E-state index contributed by atoms with van der Waals surface area (Å²) in [7, 11) is -0.905. The Hall–Kier alpha value is -0.903. The maximum atomic E-state index is 11.2. The minimum atomic E-state index is -0.905. The maximum absolute atomic E-state index is 11.2. The minimum absolute atomic E-state index is 0. The van der Waals surface area contributed by atoms with Crippen molar-refractivity contribution >= 4 is 43.9 Å². The summed E-state index contributed by atoms with van der Waals surface area (Å²) >= 11 is 0. The number of hydrogen-bond donors (Lipinski definition) is 0. The molecule has 4 heteroatoms. The Labute approximate surface area is 152 Å². The van der Waals surface area contributed by atoms with Gasteiger partial charge in [0, 0.05) is 16.2 Å². The van der Waals surface area contributed by atoms with Gasteiger partial charge in [0.15, 0.2) is 6.29 Å². The van der Waals surface area contributed by atoms with Gasteiger partial charge >= 0.3 is 18.9 Å². The molecule has 0 aromatic heterocycles. The fourth-order valence-electron chi connectivity index (χ4n) is 2.35. The van der Waals surface area contributed by atoms with Crippen molar-refractivity contribution in [3.05, 3.63) is 59.2 Å². The summed E-state index contributed by atoms with van der Waals surface area (Å²) in [5.41, 5.74) is 2.56. The molecule has 2 nitrogen and oxygen atoms in total. The van der Waals surface area contributed by atoms with Crippen LogP contribution in [0.4, 0.5) is 0 Å². The van der Waals surface area contributed by atoms with Gasteiger partial charge in [-0.3, -0.25) is 4.79 Å². The van der Waals surface area contributed by atoms with Crippen LogP contribution in [-0.2, 0) is 4.52 Å². The van der Waals surface area contributed by atoms with Gasteiger partial charge in [0.2, 0.25) is 0 Å². The molecule has 118 valence electrons. The summed E-state index contributed by atoms with van der Waals surface area (Å²) in [5.74, 6) is 0. The van der Waals surface area contributed by atoms with Crippen molar-refractivity contribution in [2.45, 2.75) is 40.2 Å². The van der Waals surface area contributed by atoms with Gasteiger partial charge in [-0.15, -0.1) is 0 Å². The van der Waals surface area contributed by atoms with Gasteiger partial charge in [-0.2, -0.15) is 0 Å². The Kier molecular flexibility index (Phi) is 7.24. The van der Waals surface area contributed by atoms with Crippen molar-refractivity contribution in [1.29, 1.82) is 0 Å². The summed E-state index contributed by atoms with van der Waals surface area (Å²) in [5, 5.41) is 2.34. The molecule has 0 saturated heterocycles. The van der Waals surface area contributed by atoms with Gasteiger partial charge in [-0.05, 0) is 57.9 Å². The van der Waals surface area contributed by atoms with Gasteiger partial charge < -0.3 is 4.52 Å². The molecule has 0 amide bonds. The summed E-state index contributed by atoms with van der Waals surface area (Å²) in [6, 6.07) is 14.5. The van der Waals surface area contributed by atoms with E-state index in [0.29, 0.717) is 0 Å². The molecule has 0 fully saturated rings. The molecule has 0 aliphatic heterocycles. The van der Waals surface area contributed by atoms with E-state index in [1.54, 1.807) is 0 Å². The van der Waals surface area contributed by atoms with E-state index in [9.17, 15) is 4.79 Å². The number of carbonyl (C=O) groups excluding carboxylic acids is 1. The Bertz CT molecular complexity index is 640. The van der Waals surface area contributed by atoms with Crippen molar-refractivity contribution in [2.75, 3.05) is 0 Å². The van der Waals surface area contributed by atoms with Gasteiger partial charge in [-0.1, -0.05) is 30.3 Å². The average molecular weight is 322 g/mol. The Balaban J connectivity index is 0.00000264. The summed E-state index contributed by atoms with van der Waals surface area (Å²) < 4.78 is 6.37. The number of aldehydes is 1. The van der Waals surface area contributed by atoms with Crippen molar-refractivity contribution in [1.82, 2.24) is 0 Å². The molecule has 0 saturated carbocycles. The number of aryl methyl sites for hydroxylation is 2. The molecule has 23 heavy (non-hydrogen) atoms. The van der Waals surface area contributed by atoms with Crippen LogP contribution < -0.4 is 10.6 Å². The SMILES string of the molecule is Cc1cc(P(OC(C)(C)C)c2ccccc2)cc(C)c1C=O.[LiH]. The van der Waals surface area contributed by atoms with Crippen LogP contribution in [0.1, 0.15) is 42.3 Å². The van der Waals surface area contributed by atoms with Crippen LogP contribution in [0.5, 0.6) is 0 Å². The molecule has 0 N–H and O–H groups in total. The zero-order valence-electron chi connectivity index (χ0n) is 13.9. The molecule has 1 unspecified atom stereocenters. The van der Waals surface area contributed by atoms with E-state index in [2.05, 4.69) is 45.0 Å². The first kappa shape index (κ1) is 20.1. The Morgan fingerprint density at radius 1 is 0.957 bits per heavy atom. The molecule has 2 aromatic carbocycles. The second-order valence-corrected chi connectivity index (χ2v) is 8.25. The Morgan fingerprint density at radius 2 is 1.48 bits per heavy atom. The average Bonchev–Trinajstić information content (AvgIpc) is 2.44. The fourth-order valence-corrected chi connectivity index (χ4v) is 4.47. The summed E-state index contributed by atoms with van der Waals surface area (Å²) in [6.07, 6.45) is 0.934. The van der Waals surface area contributed by atoms with E-state index in [1.165, 1.54) is 5.30 Å². The van der Waals surface area contributed by atoms with Crippen molar-refractivity contribution in [2.24, 2.45) is 0 Å². The first-order valence-electron chi connectivity index (χ1n) is 7.42. The second kappa shape index (κ2) is 8.27. The van der Waals surface area contributed by atoms with E-state index in [1.807, 2.05) is 32.0 Å². The van der Waals surface area contributed by atoms with Crippen molar-refractivity contribution < 1.29 is 9.32 Å². The number of hydrogen-bond acceptors (Lipinski definition) is 2. The van der Waals surface area contributed by atoms with E-state index < -0.39 is 8.15 Å². The molecule has 0 radical (unpaired) electrons. The third-order valence-corrected chi connectivity index (χ3v) is 5.51. The number of benzene rings is 2. The van der Waals surface area contributed by atoms with E-state index >= 15 is 0 Å². The Morgan fingerprint density at radius 3 is 1.91 bits per heavy atom. The van der Waals surface area contributed by atoms with Crippen molar-refractivity contribution in [3.8, 4) is 0 Å². The van der Waals surface area contributed by atoms with Crippen LogP contribution in [0.25, 0.3) is 0 Å². The second-order valence-electron chi connectivity index (χ2n) is 6.44. The van der Waals surface area contributed by atoms with Gasteiger partial charge in [0.05, 0.1) is 13.7 Å². The topological polar surface area (TPSA) is 26.3 Å². The molecular weight excluding hydrogens is 298 g/mol. The summed E-state index contributed by atoms with van der Waals surface area (Å²) in [4.78, 5) is 11.2. The molecule has 0 aliphatic carbocycles. The molecule has 1 atom stereocenters. The number of rotatable bonds is 4. The van der Waals surface area contributed by atoms with Crippen LogP contribution >= 0.6 is 8.15 Å². The first-order valence-corrected chi connectivity index (χ1v) is 8.68. The summed E-state index contributed by atoms with van der Waals surface area (Å²) in [6.45, 7) is 10.2. The normalized spacial score (nSPS) is 12.4. The van der Waals surface area contributed by atoms with Crippen LogP contribution in [0.3, 0.4) is 0 Å². The molecular formula is C19H24LiO2P. The monoisotopic (exact) mass is 322 g/mol. The van der Waals surface area contributed by atoms with Crippen LogP contribution in [0, 0.1) is 13.8 Å². The first-order chi connectivity index (χ1) is 10.3. The van der Waals surface area contributed by atoms with Crippen molar-refractivity contribution in [3.63, 3.8) is 0 Å². The van der Waals surface area contributed by atoms with E-state index in [4.69, 9.17) is 4.52 Å². The van der Waals surface area contributed by atoms with Crippen LogP contribution in [0.15, 0.2) is 42.5 Å². The van der Waals surface area contributed by atoms with E-state index in [-0.39, 0.29) is 24.5 Å².